The maximum absolute atomic E-state index is 13.1. The molecule has 0 fully saturated rings. The van der Waals surface area contributed by atoms with Gasteiger partial charge in [0, 0.05) is 19.0 Å². The van der Waals surface area contributed by atoms with Crippen molar-refractivity contribution in [1.29, 1.82) is 0 Å². The minimum Gasteiger partial charge on any atom is -0.454 e. The van der Waals surface area contributed by atoms with Crippen molar-refractivity contribution in [3.8, 4) is 11.5 Å². The van der Waals surface area contributed by atoms with Crippen LogP contribution in [0.3, 0.4) is 0 Å². The molecule has 0 bridgehead atoms. The Balaban J connectivity index is 1.69. The molecule has 0 saturated heterocycles. The Morgan fingerprint density at radius 3 is 2.54 bits per heavy atom. The predicted molar refractivity (Wildman–Crippen MR) is 99.1 cm³/mol. The van der Waals surface area contributed by atoms with Gasteiger partial charge in [-0.1, -0.05) is 23.8 Å². The van der Waals surface area contributed by atoms with Crippen molar-refractivity contribution in [3.63, 3.8) is 0 Å². The number of ether oxygens (including phenoxy) is 2. The van der Waals surface area contributed by atoms with Gasteiger partial charge in [0.1, 0.15) is 0 Å². The second kappa shape index (κ2) is 6.45. The van der Waals surface area contributed by atoms with E-state index in [0.29, 0.717) is 30.2 Å². The highest BCUT2D eigenvalue weighted by Crippen LogP contribution is 2.39. The van der Waals surface area contributed by atoms with Crippen LogP contribution in [0.5, 0.6) is 11.5 Å². The van der Waals surface area contributed by atoms with E-state index in [1.807, 2.05) is 37.3 Å². The highest BCUT2D eigenvalue weighted by molar-refractivity contribution is 7.89. The summed E-state index contributed by atoms with van der Waals surface area (Å²) in [7, 11) is -3.55. The number of nitrogens with zero attached hydrogens (tertiary/aromatic N) is 1. The number of aryl methyl sites for hydroxylation is 1. The number of rotatable bonds is 3. The minimum atomic E-state index is -3.55. The highest BCUT2D eigenvalue weighted by Gasteiger charge is 2.31. The summed E-state index contributed by atoms with van der Waals surface area (Å²) in [5.74, 6) is 1.34. The Morgan fingerprint density at radius 2 is 1.85 bits per heavy atom. The van der Waals surface area contributed by atoms with E-state index in [2.05, 4.69) is 6.58 Å². The minimum absolute atomic E-state index is 0.0952. The lowest BCUT2D eigenvalue weighted by molar-refractivity contribution is 0.174. The van der Waals surface area contributed by atoms with Crippen LogP contribution in [0.2, 0.25) is 0 Å². The van der Waals surface area contributed by atoms with Gasteiger partial charge in [-0.2, -0.15) is 4.31 Å². The average Bonchev–Trinajstić information content (AvgIpc) is 3.00. The Hall–Kier alpha value is -2.31. The summed E-state index contributed by atoms with van der Waals surface area (Å²) in [6.45, 7) is 6.88. The molecule has 0 saturated carbocycles. The van der Waals surface area contributed by atoms with Crippen molar-refractivity contribution in [2.24, 2.45) is 0 Å². The van der Waals surface area contributed by atoms with Crippen molar-refractivity contribution < 1.29 is 17.9 Å². The molecule has 2 aliphatic rings. The summed E-state index contributed by atoms with van der Waals surface area (Å²) in [6, 6.07) is 10.9. The van der Waals surface area contributed by atoms with Crippen molar-refractivity contribution in [1.82, 2.24) is 4.31 Å². The quantitative estimate of drug-likeness (QED) is 0.778. The van der Waals surface area contributed by atoms with Crippen molar-refractivity contribution in [2.75, 3.05) is 19.9 Å². The summed E-state index contributed by atoms with van der Waals surface area (Å²) >= 11 is 0. The van der Waals surface area contributed by atoms with Crippen molar-refractivity contribution in [3.05, 3.63) is 65.7 Å². The van der Waals surface area contributed by atoms with Crippen molar-refractivity contribution in [2.45, 2.75) is 24.2 Å². The summed E-state index contributed by atoms with van der Waals surface area (Å²) in [5, 5.41) is 0. The van der Waals surface area contributed by atoms with E-state index in [1.165, 1.54) is 0 Å². The molecule has 0 unspecified atom stereocenters. The lowest BCUT2D eigenvalue weighted by Gasteiger charge is -2.23. The number of benzene rings is 2. The van der Waals surface area contributed by atoms with Gasteiger partial charge >= 0.3 is 0 Å². The van der Waals surface area contributed by atoms with Crippen LogP contribution in [-0.4, -0.2) is 32.6 Å². The van der Waals surface area contributed by atoms with E-state index in [0.717, 1.165) is 22.4 Å². The summed E-state index contributed by atoms with van der Waals surface area (Å²) in [5.41, 5.74) is 3.18. The molecule has 6 heteroatoms. The van der Waals surface area contributed by atoms with E-state index in [9.17, 15) is 8.42 Å². The number of fused-ring (bicyclic) bond motifs is 2. The topological polar surface area (TPSA) is 55.8 Å². The van der Waals surface area contributed by atoms with E-state index in [4.69, 9.17) is 9.47 Å². The third kappa shape index (κ3) is 2.89. The summed E-state index contributed by atoms with van der Waals surface area (Å²) < 4.78 is 38.7. The fourth-order valence-electron chi connectivity index (χ4n) is 3.49. The molecule has 5 nitrogen and oxygen atoms in total. The predicted octanol–water partition coefficient (Wildman–Crippen LogP) is 3.24. The number of sulfonamides is 1. The Labute approximate surface area is 153 Å². The maximum atomic E-state index is 13.1. The molecule has 136 valence electrons. The largest absolute Gasteiger partial charge is 0.454 e. The van der Waals surface area contributed by atoms with Gasteiger partial charge in [0.2, 0.25) is 16.8 Å². The molecular weight excluding hydrogens is 350 g/mol. The van der Waals surface area contributed by atoms with E-state index < -0.39 is 10.0 Å². The third-order valence-corrected chi connectivity index (χ3v) is 6.89. The standard InChI is InChI=1S/C20H21NO4S/c1-3-15-12-21(26(22,23)17-6-4-14(2)5-7-17)9-8-16-10-19-20(11-18(15)16)25-13-24-19/h3-7,10-11,15H,1,8-9,12-13H2,2H3/t15-/m0/s1. The molecule has 4 rings (SSSR count). The average molecular weight is 371 g/mol. The fourth-order valence-corrected chi connectivity index (χ4v) is 4.96. The molecule has 2 aliphatic heterocycles. The number of hydrogen-bond acceptors (Lipinski definition) is 4. The molecule has 0 radical (unpaired) electrons. The molecule has 0 N–H and O–H groups in total. The van der Waals surface area contributed by atoms with E-state index >= 15 is 0 Å². The van der Waals surface area contributed by atoms with E-state index in [1.54, 1.807) is 16.4 Å². The van der Waals surface area contributed by atoms with Crippen molar-refractivity contribution >= 4 is 10.0 Å². The van der Waals surface area contributed by atoms with Gasteiger partial charge in [-0.3, -0.25) is 0 Å². The van der Waals surface area contributed by atoms with Crippen LogP contribution in [0, 0.1) is 6.92 Å². The first kappa shape index (κ1) is 17.1. The molecule has 26 heavy (non-hydrogen) atoms. The lowest BCUT2D eigenvalue weighted by Crippen LogP contribution is -2.34. The molecule has 0 amide bonds. The van der Waals surface area contributed by atoms with Gasteiger partial charge in [0.15, 0.2) is 11.5 Å². The van der Waals surface area contributed by atoms with Gasteiger partial charge in [-0.05, 0) is 48.7 Å². The zero-order valence-electron chi connectivity index (χ0n) is 14.6. The Morgan fingerprint density at radius 1 is 1.15 bits per heavy atom. The monoisotopic (exact) mass is 371 g/mol. The van der Waals surface area contributed by atoms with Gasteiger partial charge in [0.05, 0.1) is 4.90 Å². The Bertz CT molecular complexity index is 951. The highest BCUT2D eigenvalue weighted by atomic mass is 32.2. The van der Waals surface area contributed by atoms with Crippen LogP contribution in [0.1, 0.15) is 22.6 Å². The fraction of sp³-hybridized carbons (Fsp3) is 0.300. The van der Waals surface area contributed by atoms with Crippen LogP contribution in [0.15, 0.2) is 53.9 Å². The lowest BCUT2D eigenvalue weighted by atomic mass is 9.93. The smallest absolute Gasteiger partial charge is 0.243 e. The first-order chi connectivity index (χ1) is 12.5. The molecule has 0 spiro atoms. The van der Waals surface area contributed by atoms with Crippen LogP contribution >= 0.6 is 0 Å². The second-order valence-corrected chi connectivity index (χ2v) is 8.61. The zero-order valence-corrected chi connectivity index (χ0v) is 15.5. The van der Waals surface area contributed by atoms with E-state index in [-0.39, 0.29) is 12.7 Å². The molecule has 2 heterocycles. The maximum Gasteiger partial charge on any atom is 0.243 e. The van der Waals surface area contributed by atoms with Crippen LogP contribution < -0.4 is 9.47 Å². The molecular formula is C20H21NO4S. The second-order valence-electron chi connectivity index (χ2n) is 6.67. The summed E-state index contributed by atoms with van der Waals surface area (Å²) in [4.78, 5) is 0.325. The normalized spacial score (nSPS) is 19.7. The third-order valence-electron chi connectivity index (χ3n) is 5.01. The molecule has 0 aliphatic carbocycles. The zero-order chi connectivity index (χ0) is 18.3. The van der Waals surface area contributed by atoms with Gasteiger partial charge < -0.3 is 9.47 Å². The van der Waals surface area contributed by atoms with Gasteiger partial charge in [-0.25, -0.2) is 8.42 Å². The SMILES string of the molecule is C=C[C@H]1CN(S(=O)(=O)c2ccc(C)cc2)CCc2cc3c(cc21)OCO3. The summed E-state index contributed by atoms with van der Waals surface area (Å²) in [6.07, 6.45) is 2.44. The van der Waals surface area contributed by atoms with Crippen LogP contribution in [0.4, 0.5) is 0 Å². The van der Waals surface area contributed by atoms with Crippen LogP contribution in [0.25, 0.3) is 0 Å². The molecule has 0 aromatic heterocycles. The first-order valence-corrected chi connectivity index (χ1v) is 10.0. The molecule has 1 atom stereocenters. The van der Waals surface area contributed by atoms with Gasteiger partial charge in [-0.15, -0.1) is 6.58 Å². The molecule has 2 aromatic rings. The molecule has 2 aromatic carbocycles. The Kier molecular flexibility index (Phi) is 4.25. The van der Waals surface area contributed by atoms with Crippen LogP contribution in [-0.2, 0) is 16.4 Å². The first-order valence-electron chi connectivity index (χ1n) is 8.61. The van der Waals surface area contributed by atoms with Gasteiger partial charge in [0.25, 0.3) is 0 Å². The number of hydrogen-bond donors (Lipinski definition) is 0.